The number of aromatic nitrogens is 1. The molecule has 1 heterocycles. The molecule has 0 atom stereocenters. The summed E-state index contributed by atoms with van der Waals surface area (Å²) in [5.41, 5.74) is 1.19. The summed E-state index contributed by atoms with van der Waals surface area (Å²) in [5.74, 6) is -0.566. The van der Waals surface area contributed by atoms with E-state index in [1.54, 1.807) is 0 Å². The van der Waals surface area contributed by atoms with Gasteiger partial charge in [-0.05, 0) is 18.1 Å². The van der Waals surface area contributed by atoms with Crippen LogP contribution in [-0.4, -0.2) is 22.6 Å². The Balaban J connectivity index is 2.39. The van der Waals surface area contributed by atoms with Crippen molar-refractivity contribution in [3.63, 3.8) is 0 Å². The molecule has 144 valence electrons. The van der Waals surface area contributed by atoms with E-state index in [1.807, 2.05) is 37.3 Å². The fourth-order valence-corrected chi connectivity index (χ4v) is 3.36. The first-order valence-electron chi connectivity index (χ1n) is 8.94. The van der Waals surface area contributed by atoms with E-state index in [9.17, 15) is 19.7 Å². The molecule has 0 saturated heterocycles. The lowest BCUT2D eigenvalue weighted by Gasteiger charge is -2.18. The molecular weight excluding hydrogens is 360 g/mol. The summed E-state index contributed by atoms with van der Waals surface area (Å²) in [5, 5.41) is 11.7. The second-order valence-electron chi connectivity index (χ2n) is 6.43. The molecule has 0 bridgehead atoms. The molecule has 0 saturated carbocycles. The summed E-state index contributed by atoms with van der Waals surface area (Å²) in [6.07, 6.45) is 1.22. The molecule has 1 aromatic heterocycles. The van der Waals surface area contributed by atoms with Crippen LogP contribution in [0.5, 0.6) is 0 Å². The van der Waals surface area contributed by atoms with E-state index in [4.69, 9.17) is 4.74 Å². The summed E-state index contributed by atoms with van der Waals surface area (Å²) in [4.78, 5) is 36.5. The summed E-state index contributed by atoms with van der Waals surface area (Å²) in [6, 6.07) is 13.4. The van der Waals surface area contributed by atoms with E-state index in [2.05, 4.69) is 0 Å². The summed E-state index contributed by atoms with van der Waals surface area (Å²) < 4.78 is 6.49. The largest absolute Gasteiger partial charge is 0.465 e. The highest BCUT2D eigenvalue weighted by atomic mass is 16.6. The highest BCUT2D eigenvalue weighted by Gasteiger charge is 2.23. The van der Waals surface area contributed by atoms with E-state index in [0.717, 1.165) is 12.0 Å². The van der Waals surface area contributed by atoms with Gasteiger partial charge >= 0.3 is 5.97 Å². The topological polar surface area (TPSA) is 91.4 Å². The minimum atomic E-state index is -0.566. The first-order valence-corrected chi connectivity index (χ1v) is 8.94. The number of hydrogen-bond acceptors (Lipinski definition) is 5. The van der Waals surface area contributed by atoms with Crippen LogP contribution in [0.15, 0.2) is 53.3 Å². The fourth-order valence-electron chi connectivity index (χ4n) is 3.36. The Morgan fingerprint density at radius 3 is 2.46 bits per heavy atom. The number of nitro groups is 1. The fraction of sp³-hybridized carbons (Fsp3) is 0.238. The van der Waals surface area contributed by atoms with Crippen LogP contribution in [0.3, 0.4) is 0 Å². The minimum absolute atomic E-state index is 0.130. The van der Waals surface area contributed by atoms with Crippen molar-refractivity contribution in [1.29, 1.82) is 0 Å². The van der Waals surface area contributed by atoms with Crippen LogP contribution in [-0.2, 0) is 17.7 Å². The van der Waals surface area contributed by atoms with Gasteiger partial charge in [0.1, 0.15) is 0 Å². The molecule has 0 spiro atoms. The predicted octanol–water partition coefficient (Wildman–Crippen LogP) is 3.70. The highest BCUT2D eigenvalue weighted by Crippen LogP contribution is 2.26. The molecule has 0 fully saturated rings. The molecule has 0 aliphatic carbocycles. The number of hydrogen-bond donors (Lipinski definition) is 0. The molecule has 3 aromatic rings. The number of carbonyl (C=O) groups is 1. The van der Waals surface area contributed by atoms with Crippen molar-refractivity contribution >= 4 is 22.4 Å². The number of ether oxygens (including phenoxy) is 1. The Labute approximate surface area is 161 Å². The first kappa shape index (κ1) is 19.3. The molecule has 0 aliphatic heterocycles. The highest BCUT2D eigenvalue weighted by molar-refractivity contribution is 6.05. The van der Waals surface area contributed by atoms with E-state index < -0.39 is 10.9 Å². The smallest absolute Gasteiger partial charge is 0.340 e. The van der Waals surface area contributed by atoms with E-state index >= 15 is 0 Å². The van der Waals surface area contributed by atoms with Crippen molar-refractivity contribution in [3.05, 3.63) is 85.8 Å². The second kappa shape index (κ2) is 8.04. The molecule has 28 heavy (non-hydrogen) atoms. The number of benzene rings is 2. The molecule has 0 unspecified atom stereocenters. The normalized spacial score (nSPS) is 10.8. The lowest BCUT2D eigenvalue weighted by atomic mass is 10.00. The van der Waals surface area contributed by atoms with Gasteiger partial charge in [-0.3, -0.25) is 14.9 Å². The zero-order valence-corrected chi connectivity index (χ0v) is 15.7. The number of esters is 1. The van der Waals surface area contributed by atoms with Crippen LogP contribution in [0.4, 0.5) is 5.69 Å². The predicted molar refractivity (Wildman–Crippen MR) is 106 cm³/mol. The summed E-state index contributed by atoms with van der Waals surface area (Å²) in [7, 11) is 1.28. The Hall–Kier alpha value is -3.48. The quantitative estimate of drug-likeness (QED) is 0.369. The van der Waals surface area contributed by atoms with Gasteiger partial charge in [-0.15, -0.1) is 0 Å². The van der Waals surface area contributed by atoms with Gasteiger partial charge in [0.15, 0.2) is 0 Å². The number of carbonyl (C=O) groups excluding carboxylic acids is 1. The number of fused-ring (bicyclic) bond motifs is 1. The monoisotopic (exact) mass is 380 g/mol. The summed E-state index contributed by atoms with van der Waals surface area (Å²) >= 11 is 0. The minimum Gasteiger partial charge on any atom is -0.465 e. The van der Waals surface area contributed by atoms with Crippen molar-refractivity contribution in [1.82, 2.24) is 4.57 Å². The third kappa shape index (κ3) is 3.51. The Bertz CT molecular complexity index is 1100. The van der Waals surface area contributed by atoms with Gasteiger partial charge in [-0.25, -0.2) is 4.79 Å². The van der Waals surface area contributed by atoms with E-state index in [0.29, 0.717) is 17.5 Å². The average Bonchev–Trinajstić information content (AvgIpc) is 2.71. The molecule has 2 aromatic carbocycles. The van der Waals surface area contributed by atoms with Gasteiger partial charge in [-0.1, -0.05) is 43.7 Å². The van der Waals surface area contributed by atoms with Gasteiger partial charge < -0.3 is 9.30 Å². The molecule has 0 N–H and O–H groups in total. The molecule has 3 rings (SSSR count). The van der Waals surface area contributed by atoms with Crippen LogP contribution in [0.25, 0.3) is 10.8 Å². The summed E-state index contributed by atoms with van der Waals surface area (Å²) in [6.45, 7) is 2.22. The zero-order chi connectivity index (χ0) is 20.3. The van der Waals surface area contributed by atoms with Crippen LogP contribution in [0.2, 0.25) is 0 Å². The molecule has 7 heteroatoms. The SMILES string of the molecule is CCCc1c(C(=O)OC)c2ccc([N+](=O)[O-])cc2c(=O)n1Cc1ccccc1. The first-order chi connectivity index (χ1) is 13.5. The van der Waals surface area contributed by atoms with E-state index in [-0.39, 0.29) is 28.7 Å². The molecule has 0 aliphatic rings. The van der Waals surface area contributed by atoms with Crippen LogP contribution in [0, 0.1) is 10.1 Å². The number of rotatable bonds is 6. The Morgan fingerprint density at radius 1 is 1.14 bits per heavy atom. The van der Waals surface area contributed by atoms with Crippen LogP contribution >= 0.6 is 0 Å². The standard InChI is InChI=1S/C21H20N2O5/c1-3-7-18-19(21(25)28-2)16-11-10-15(23(26)27)12-17(16)20(24)22(18)13-14-8-5-4-6-9-14/h4-6,8-12H,3,7,13H2,1-2H3. The lowest BCUT2D eigenvalue weighted by Crippen LogP contribution is -2.28. The average molecular weight is 380 g/mol. The second-order valence-corrected chi connectivity index (χ2v) is 6.43. The number of pyridine rings is 1. The Kier molecular flexibility index (Phi) is 5.54. The third-order valence-electron chi connectivity index (χ3n) is 4.63. The van der Waals surface area contributed by atoms with Crippen molar-refractivity contribution < 1.29 is 14.5 Å². The number of nitro benzene ring substituents is 1. The van der Waals surface area contributed by atoms with Crippen LogP contribution in [0.1, 0.15) is 35.0 Å². The maximum Gasteiger partial charge on any atom is 0.340 e. The van der Waals surface area contributed by atoms with Gasteiger partial charge in [-0.2, -0.15) is 0 Å². The lowest BCUT2D eigenvalue weighted by molar-refractivity contribution is -0.384. The number of methoxy groups -OCH3 is 1. The zero-order valence-electron chi connectivity index (χ0n) is 15.7. The Morgan fingerprint density at radius 2 is 1.86 bits per heavy atom. The number of non-ortho nitro benzene ring substituents is 1. The third-order valence-corrected chi connectivity index (χ3v) is 4.63. The molecule has 0 radical (unpaired) electrons. The van der Waals surface area contributed by atoms with Gasteiger partial charge in [0.05, 0.1) is 29.5 Å². The van der Waals surface area contributed by atoms with Gasteiger partial charge in [0.25, 0.3) is 11.2 Å². The molecular formula is C21H20N2O5. The van der Waals surface area contributed by atoms with Crippen molar-refractivity contribution in [2.75, 3.05) is 7.11 Å². The maximum absolute atomic E-state index is 13.3. The van der Waals surface area contributed by atoms with E-state index in [1.165, 1.54) is 29.9 Å². The van der Waals surface area contributed by atoms with Gasteiger partial charge in [0.2, 0.25) is 0 Å². The number of nitrogens with zero attached hydrogens (tertiary/aromatic N) is 2. The molecule has 7 nitrogen and oxygen atoms in total. The van der Waals surface area contributed by atoms with Gasteiger partial charge in [0, 0.05) is 23.2 Å². The van der Waals surface area contributed by atoms with Crippen molar-refractivity contribution in [2.24, 2.45) is 0 Å². The maximum atomic E-state index is 13.3. The molecule has 0 amide bonds. The van der Waals surface area contributed by atoms with Crippen molar-refractivity contribution in [2.45, 2.75) is 26.3 Å². The van der Waals surface area contributed by atoms with Crippen molar-refractivity contribution in [3.8, 4) is 0 Å². The van der Waals surface area contributed by atoms with Crippen LogP contribution < -0.4 is 5.56 Å².